The summed E-state index contributed by atoms with van der Waals surface area (Å²) in [6.45, 7) is 4.94. The molecule has 0 aromatic heterocycles. The number of likely N-dealkylation sites (tertiary alicyclic amines) is 2. The molecule has 2 fully saturated rings. The number of hydrogen-bond donors (Lipinski definition) is 1. The predicted octanol–water partition coefficient (Wildman–Crippen LogP) is 1.81. The van der Waals surface area contributed by atoms with Gasteiger partial charge in [0.2, 0.25) is 5.91 Å². The van der Waals surface area contributed by atoms with Crippen LogP contribution in [0, 0.1) is 5.41 Å². The third-order valence-corrected chi connectivity index (χ3v) is 6.18. The van der Waals surface area contributed by atoms with E-state index in [4.69, 9.17) is 0 Å². The van der Waals surface area contributed by atoms with Crippen molar-refractivity contribution in [3.63, 3.8) is 0 Å². The molecule has 3 aliphatic rings. The van der Waals surface area contributed by atoms with Gasteiger partial charge in [0.05, 0.1) is 0 Å². The van der Waals surface area contributed by atoms with Gasteiger partial charge in [-0.05, 0) is 37.8 Å². The van der Waals surface area contributed by atoms with E-state index in [2.05, 4.69) is 45.8 Å². The Bertz CT molecular complexity index is 733. The Hall–Kier alpha value is -2.21. The predicted molar refractivity (Wildman–Crippen MR) is 104 cm³/mol. The van der Waals surface area contributed by atoms with Gasteiger partial charge in [-0.15, -0.1) is 0 Å². The van der Waals surface area contributed by atoms with E-state index in [1.54, 1.807) is 0 Å². The number of carbonyl (C=O) groups excluding carboxylic acids is 2. The van der Waals surface area contributed by atoms with Crippen molar-refractivity contribution in [2.75, 3.05) is 32.7 Å². The summed E-state index contributed by atoms with van der Waals surface area (Å²) < 4.78 is 0. The molecule has 27 heavy (non-hydrogen) atoms. The minimum Gasteiger partial charge on any atom is -0.337 e. The van der Waals surface area contributed by atoms with Crippen molar-refractivity contribution in [2.45, 2.75) is 38.5 Å². The van der Waals surface area contributed by atoms with Crippen molar-refractivity contribution in [3.8, 4) is 0 Å². The molecule has 144 valence electrons. The van der Waals surface area contributed by atoms with Gasteiger partial charge in [-0.3, -0.25) is 9.59 Å². The van der Waals surface area contributed by atoms with Crippen LogP contribution in [-0.2, 0) is 16.0 Å². The molecule has 0 radical (unpaired) electrons. The molecular weight excluding hydrogens is 340 g/mol. The maximum absolute atomic E-state index is 12.8. The van der Waals surface area contributed by atoms with Crippen LogP contribution < -0.4 is 5.43 Å². The van der Waals surface area contributed by atoms with Gasteiger partial charge < -0.3 is 9.80 Å². The maximum atomic E-state index is 12.8. The fourth-order valence-electron chi connectivity index (χ4n) is 4.69. The Labute approximate surface area is 160 Å². The van der Waals surface area contributed by atoms with Crippen molar-refractivity contribution >= 4 is 17.5 Å². The van der Waals surface area contributed by atoms with E-state index in [9.17, 15) is 9.59 Å². The SMILES string of the molecule is O=C1CCC(C(=O)N2CCC3(CCCN(CCc4ccccc4)C3)C2)=NN1. The lowest BCUT2D eigenvalue weighted by molar-refractivity contribution is -0.124. The number of nitrogens with zero attached hydrogens (tertiary/aromatic N) is 3. The molecule has 1 atom stereocenters. The van der Waals surface area contributed by atoms with Gasteiger partial charge in [-0.1, -0.05) is 30.3 Å². The van der Waals surface area contributed by atoms with Gasteiger partial charge in [-0.2, -0.15) is 5.10 Å². The summed E-state index contributed by atoms with van der Waals surface area (Å²) in [6, 6.07) is 10.7. The highest BCUT2D eigenvalue weighted by Gasteiger charge is 2.43. The van der Waals surface area contributed by atoms with E-state index in [0.29, 0.717) is 18.6 Å². The average molecular weight is 368 g/mol. The molecule has 1 aromatic rings. The monoisotopic (exact) mass is 368 g/mol. The van der Waals surface area contributed by atoms with Crippen LogP contribution in [0.4, 0.5) is 0 Å². The van der Waals surface area contributed by atoms with Crippen molar-refractivity contribution in [1.82, 2.24) is 15.2 Å². The van der Waals surface area contributed by atoms with Crippen LogP contribution in [0.5, 0.6) is 0 Å². The first kappa shape index (κ1) is 18.2. The Morgan fingerprint density at radius 3 is 2.74 bits per heavy atom. The Morgan fingerprint density at radius 2 is 1.96 bits per heavy atom. The molecule has 4 rings (SSSR count). The molecule has 1 unspecified atom stereocenters. The topological polar surface area (TPSA) is 65.0 Å². The second-order valence-electron chi connectivity index (χ2n) is 8.19. The fourth-order valence-corrected chi connectivity index (χ4v) is 4.69. The molecule has 1 N–H and O–H groups in total. The first-order valence-corrected chi connectivity index (χ1v) is 10.0. The molecule has 6 heteroatoms. The molecule has 1 aromatic carbocycles. The zero-order valence-electron chi connectivity index (χ0n) is 15.8. The van der Waals surface area contributed by atoms with Crippen LogP contribution >= 0.6 is 0 Å². The van der Waals surface area contributed by atoms with Crippen LogP contribution in [0.15, 0.2) is 35.4 Å². The third kappa shape index (κ3) is 4.21. The summed E-state index contributed by atoms with van der Waals surface area (Å²) in [5.74, 6) is -0.0981. The van der Waals surface area contributed by atoms with E-state index in [1.165, 1.54) is 18.4 Å². The van der Waals surface area contributed by atoms with E-state index in [1.807, 2.05) is 4.90 Å². The number of piperidine rings is 1. The fraction of sp³-hybridized carbons (Fsp3) is 0.571. The Morgan fingerprint density at radius 1 is 1.11 bits per heavy atom. The third-order valence-electron chi connectivity index (χ3n) is 6.18. The first-order valence-electron chi connectivity index (χ1n) is 10.0. The standard InChI is InChI=1S/C21H28N4O2/c26-19-8-7-18(22-23-19)20(27)25-14-11-21(16-25)10-4-12-24(15-21)13-9-17-5-2-1-3-6-17/h1-3,5-6H,4,7-16H2,(H,23,26). The molecule has 6 nitrogen and oxygen atoms in total. The summed E-state index contributed by atoms with van der Waals surface area (Å²) in [5.41, 5.74) is 4.56. The molecule has 0 aliphatic carbocycles. The van der Waals surface area contributed by atoms with E-state index < -0.39 is 0 Å². The van der Waals surface area contributed by atoms with Crippen LogP contribution in [0.2, 0.25) is 0 Å². The van der Waals surface area contributed by atoms with Gasteiger partial charge >= 0.3 is 0 Å². The number of rotatable bonds is 4. The van der Waals surface area contributed by atoms with Crippen LogP contribution in [-0.4, -0.2) is 60.0 Å². The summed E-state index contributed by atoms with van der Waals surface area (Å²) >= 11 is 0. The number of hydrogen-bond acceptors (Lipinski definition) is 4. The van der Waals surface area contributed by atoms with Gasteiger partial charge in [0.15, 0.2) is 0 Å². The van der Waals surface area contributed by atoms with Crippen molar-refractivity contribution in [3.05, 3.63) is 35.9 Å². The molecule has 0 bridgehead atoms. The smallest absolute Gasteiger partial charge is 0.270 e. The van der Waals surface area contributed by atoms with Gasteiger partial charge in [0.1, 0.15) is 5.71 Å². The van der Waals surface area contributed by atoms with E-state index in [0.717, 1.165) is 45.6 Å². The average Bonchev–Trinajstić information content (AvgIpc) is 3.10. The minimum atomic E-state index is -0.106. The second kappa shape index (κ2) is 7.80. The summed E-state index contributed by atoms with van der Waals surface area (Å²) in [5, 5.41) is 3.98. The Balaban J connectivity index is 1.33. The quantitative estimate of drug-likeness (QED) is 0.882. The van der Waals surface area contributed by atoms with Gasteiger partial charge in [0.25, 0.3) is 5.91 Å². The van der Waals surface area contributed by atoms with E-state index in [-0.39, 0.29) is 17.2 Å². The number of benzene rings is 1. The van der Waals surface area contributed by atoms with Crippen LogP contribution in [0.25, 0.3) is 0 Å². The molecule has 0 saturated carbocycles. The molecular formula is C21H28N4O2. The normalized spacial score (nSPS) is 26.1. The summed E-state index contributed by atoms with van der Waals surface area (Å²) in [4.78, 5) is 28.5. The number of nitrogens with one attached hydrogen (secondary N) is 1. The van der Waals surface area contributed by atoms with Crippen molar-refractivity contribution in [1.29, 1.82) is 0 Å². The highest BCUT2D eigenvalue weighted by molar-refractivity contribution is 6.39. The first-order chi connectivity index (χ1) is 13.1. The van der Waals surface area contributed by atoms with E-state index >= 15 is 0 Å². The summed E-state index contributed by atoms with van der Waals surface area (Å²) in [7, 11) is 0. The molecule has 2 saturated heterocycles. The van der Waals surface area contributed by atoms with Gasteiger partial charge in [0, 0.05) is 44.4 Å². The molecule has 1 spiro atoms. The largest absolute Gasteiger partial charge is 0.337 e. The van der Waals surface area contributed by atoms with Crippen molar-refractivity contribution < 1.29 is 9.59 Å². The molecule has 2 amide bonds. The van der Waals surface area contributed by atoms with Crippen LogP contribution in [0.3, 0.4) is 0 Å². The van der Waals surface area contributed by atoms with Crippen LogP contribution in [0.1, 0.15) is 37.7 Å². The minimum absolute atomic E-state index is 0.00767. The number of carbonyl (C=O) groups is 2. The highest BCUT2D eigenvalue weighted by atomic mass is 16.2. The Kier molecular flexibility index (Phi) is 5.25. The number of hydrazone groups is 1. The lowest BCUT2D eigenvalue weighted by Gasteiger charge is -2.40. The lowest BCUT2D eigenvalue weighted by Crippen LogP contribution is -2.46. The number of amides is 2. The highest BCUT2D eigenvalue weighted by Crippen LogP contribution is 2.39. The second-order valence-corrected chi connectivity index (χ2v) is 8.19. The zero-order chi connectivity index (χ0) is 18.7. The maximum Gasteiger partial charge on any atom is 0.270 e. The van der Waals surface area contributed by atoms with Gasteiger partial charge in [-0.25, -0.2) is 5.43 Å². The molecule has 3 heterocycles. The summed E-state index contributed by atoms with van der Waals surface area (Å²) in [6.07, 6.45) is 5.36. The van der Waals surface area contributed by atoms with Crippen molar-refractivity contribution in [2.24, 2.45) is 10.5 Å². The lowest BCUT2D eigenvalue weighted by atomic mass is 9.79. The zero-order valence-corrected chi connectivity index (χ0v) is 15.8. The molecule has 3 aliphatic heterocycles.